The summed E-state index contributed by atoms with van der Waals surface area (Å²) in [6.45, 7) is 1.15. The molecule has 0 bridgehead atoms. The number of anilines is 1. The van der Waals surface area contributed by atoms with Crippen LogP contribution in [0.4, 0.5) is 10.2 Å². The molecule has 3 amide bonds. The van der Waals surface area contributed by atoms with E-state index in [1.807, 2.05) is 0 Å². The number of halogens is 1. The summed E-state index contributed by atoms with van der Waals surface area (Å²) in [6, 6.07) is 5.90. The molecule has 40 heavy (non-hydrogen) atoms. The normalized spacial score (nSPS) is 17.0. The highest BCUT2D eigenvalue weighted by molar-refractivity contribution is 6.05. The lowest BCUT2D eigenvalue weighted by atomic mass is 10.0. The summed E-state index contributed by atoms with van der Waals surface area (Å²) in [5.74, 6) is -1.74. The molecule has 15 heteroatoms. The molecule has 2 unspecified atom stereocenters. The van der Waals surface area contributed by atoms with Gasteiger partial charge in [-0.15, -0.1) is 0 Å². The van der Waals surface area contributed by atoms with E-state index in [0.717, 1.165) is 11.1 Å². The van der Waals surface area contributed by atoms with Gasteiger partial charge in [0.1, 0.15) is 36.1 Å². The van der Waals surface area contributed by atoms with Crippen LogP contribution in [-0.2, 0) is 16.1 Å². The fourth-order valence-corrected chi connectivity index (χ4v) is 4.90. The molecule has 5 aromatic rings. The smallest absolute Gasteiger partial charge is 0.269 e. The number of alkyl halides is 1. The number of aryl methyl sites for hydroxylation is 1. The van der Waals surface area contributed by atoms with E-state index in [-0.39, 0.29) is 31.0 Å². The van der Waals surface area contributed by atoms with Gasteiger partial charge in [-0.3, -0.25) is 24.2 Å². The summed E-state index contributed by atoms with van der Waals surface area (Å²) in [7, 11) is 0. The minimum Gasteiger partial charge on any atom is -0.364 e. The van der Waals surface area contributed by atoms with Crippen LogP contribution < -0.4 is 11.1 Å². The number of nitrogens with two attached hydrogens (primary N) is 1. The molecule has 1 aromatic carbocycles. The van der Waals surface area contributed by atoms with Gasteiger partial charge in [0.15, 0.2) is 11.5 Å². The largest absolute Gasteiger partial charge is 0.364 e. The number of benzene rings is 1. The molecule has 1 fully saturated rings. The van der Waals surface area contributed by atoms with Crippen molar-refractivity contribution in [3.05, 3.63) is 54.4 Å². The minimum absolute atomic E-state index is 0.0200. The van der Waals surface area contributed by atoms with Gasteiger partial charge in [0.05, 0.1) is 30.1 Å². The van der Waals surface area contributed by atoms with Crippen LogP contribution in [0.15, 0.2) is 43.0 Å². The Morgan fingerprint density at radius 3 is 2.80 bits per heavy atom. The van der Waals surface area contributed by atoms with E-state index in [1.54, 1.807) is 43.6 Å². The molecule has 2 atom stereocenters. The van der Waals surface area contributed by atoms with Crippen molar-refractivity contribution in [2.75, 3.05) is 11.9 Å². The zero-order chi connectivity index (χ0) is 28.0. The molecule has 0 saturated carbocycles. The zero-order valence-electron chi connectivity index (χ0n) is 21.1. The number of hydrogen-bond donors (Lipinski definition) is 3. The Labute approximate surface area is 224 Å². The topological polar surface area (TPSA) is 191 Å². The van der Waals surface area contributed by atoms with Crippen molar-refractivity contribution in [1.82, 2.24) is 45.0 Å². The van der Waals surface area contributed by atoms with Crippen LogP contribution in [0.2, 0.25) is 0 Å². The predicted octanol–water partition coefficient (Wildman–Crippen LogP) is 1.14. The molecule has 1 aliphatic rings. The number of hydrogen-bond acceptors (Lipinski definition) is 9. The first kappa shape index (κ1) is 25.0. The number of primary amides is 1. The van der Waals surface area contributed by atoms with Crippen LogP contribution in [0.3, 0.4) is 0 Å². The lowest BCUT2D eigenvalue weighted by Gasteiger charge is -2.23. The van der Waals surface area contributed by atoms with Gasteiger partial charge in [0.2, 0.25) is 11.8 Å². The summed E-state index contributed by atoms with van der Waals surface area (Å²) in [4.78, 5) is 48.2. The second-order valence-corrected chi connectivity index (χ2v) is 9.37. The SMILES string of the molecule is Cc1n[nH]c2c(NC(=O)C3CC(F)CN3C(=O)Cn3nc(C(N)=O)c4cc(-c5ccnnc5)ccc43)ncnc12. The van der Waals surface area contributed by atoms with Gasteiger partial charge in [-0.05, 0) is 30.7 Å². The standard InChI is InChI=1S/C25H22FN11O3/c1-12-20-22(34-33-12)24(29-11-28-20)32-25(40)18-7-15(26)9-36(18)19(38)10-37-17-3-2-13(14-4-5-30-31-8-14)6-16(17)21(35-37)23(27)39/h2-6,8,11,15,18H,7,9-10H2,1H3,(H2,27,39)(H,33,34)(H,28,29,32,40). The maximum Gasteiger partial charge on any atom is 0.269 e. The number of nitrogens with zero attached hydrogens (tertiary/aromatic N) is 8. The maximum absolute atomic E-state index is 14.5. The number of carbonyl (C=O) groups excluding carboxylic acids is 3. The molecule has 0 radical (unpaired) electrons. The molecular weight excluding hydrogens is 521 g/mol. The van der Waals surface area contributed by atoms with Crippen LogP contribution >= 0.6 is 0 Å². The van der Waals surface area contributed by atoms with E-state index in [0.29, 0.717) is 27.6 Å². The highest BCUT2D eigenvalue weighted by atomic mass is 19.1. The Balaban J connectivity index is 1.27. The molecule has 202 valence electrons. The zero-order valence-corrected chi connectivity index (χ0v) is 21.1. The monoisotopic (exact) mass is 543 g/mol. The number of aromatic nitrogens is 8. The number of likely N-dealkylation sites (tertiary alicyclic amines) is 1. The van der Waals surface area contributed by atoms with Gasteiger partial charge in [-0.2, -0.15) is 20.4 Å². The first-order valence-electron chi connectivity index (χ1n) is 12.3. The lowest BCUT2D eigenvalue weighted by Crippen LogP contribution is -2.44. The molecule has 5 heterocycles. The van der Waals surface area contributed by atoms with Crippen molar-refractivity contribution in [1.29, 1.82) is 0 Å². The van der Waals surface area contributed by atoms with Gasteiger partial charge in [0.25, 0.3) is 5.91 Å². The van der Waals surface area contributed by atoms with Gasteiger partial charge in [-0.25, -0.2) is 14.4 Å². The highest BCUT2D eigenvalue weighted by Crippen LogP contribution is 2.28. The van der Waals surface area contributed by atoms with E-state index in [9.17, 15) is 18.8 Å². The Hall–Kier alpha value is -5.34. The van der Waals surface area contributed by atoms with Crippen LogP contribution in [0.1, 0.15) is 22.6 Å². The van der Waals surface area contributed by atoms with Crippen LogP contribution in [-0.4, -0.2) is 81.5 Å². The number of fused-ring (bicyclic) bond motifs is 2. The predicted molar refractivity (Wildman–Crippen MR) is 139 cm³/mol. The number of rotatable bonds is 6. The molecule has 1 saturated heterocycles. The van der Waals surface area contributed by atoms with E-state index >= 15 is 0 Å². The summed E-state index contributed by atoms with van der Waals surface area (Å²) in [5, 5.41) is 21.9. The van der Waals surface area contributed by atoms with Crippen LogP contribution in [0.5, 0.6) is 0 Å². The Bertz CT molecular complexity index is 1790. The molecule has 1 aliphatic heterocycles. The van der Waals surface area contributed by atoms with Crippen molar-refractivity contribution < 1.29 is 18.8 Å². The number of amides is 3. The molecular formula is C25H22FN11O3. The summed E-state index contributed by atoms with van der Waals surface area (Å²) in [5.41, 5.74) is 9.13. The highest BCUT2D eigenvalue weighted by Gasteiger charge is 2.40. The van der Waals surface area contributed by atoms with Gasteiger partial charge < -0.3 is 16.0 Å². The van der Waals surface area contributed by atoms with E-state index in [2.05, 4.69) is 40.8 Å². The average Bonchev–Trinajstić information content (AvgIpc) is 3.64. The lowest BCUT2D eigenvalue weighted by molar-refractivity contribution is -0.137. The number of H-pyrrole nitrogens is 1. The van der Waals surface area contributed by atoms with E-state index in [4.69, 9.17) is 5.73 Å². The van der Waals surface area contributed by atoms with Gasteiger partial charge in [0, 0.05) is 17.4 Å². The second kappa shape index (κ2) is 9.76. The van der Waals surface area contributed by atoms with Crippen molar-refractivity contribution in [2.45, 2.75) is 32.1 Å². The van der Waals surface area contributed by atoms with Gasteiger partial charge >= 0.3 is 0 Å². The Kier molecular flexibility index (Phi) is 6.09. The fraction of sp³-hybridized carbons (Fsp3) is 0.240. The molecule has 4 N–H and O–H groups in total. The van der Waals surface area contributed by atoms with Crippen molar-refractivity contribution in [3.63, 3.8) is 0 Å². The summed E-state index contributed by atoms with van der Waals surface area (Å²) >= 11 is 0. The summed E-state index contributed by atoms with van der Waals surface area (Å²) < 4.78 is 15.9. The van der Waals surface area contributed by atoms with Crippen LogP contribution in [0, 0.1) is 6.92 Å². The quantitative estimate of drug-likeness (QED) is 0.282. The maximum atomic E-state index is 14.5. The van der Waals surface area contributed by atoms with Crippen molar-refractivity contribution in [2.24, 2.45) is 5.73 Å². The third-order valence-electron chi connectivity index (χ3n) is 6.83. The average molecular weight is 544 g/mol. The Morgan fingerprint density at radius 2 is 2.02 bits per heavy atom. The third-order valence-corrected chi connectivity index (χ3v) is 6.83. The third kappa shape index (κ3) is 4.36. The van der Waals surface area contributed by atoms with E-state index < -0.39 is 29.9 Å². The van der Waals surface area contributed by atoms with Gasteiger partial charge in [-0.1, -0.05) is 6.07 Å². The molecule has 4 aromatic heterocycles. The minimum atomic E-state index is -1.40. The molecule has 0 spiro atoms. The molecule has 6 rings (SSSR count). The van der Waals surface area contributed by atoms with Crippen molar-refractivity contribution >= 4 is 45.5 Å². The number of aromatic amines is 1. The molecule has 0 aliphatic carbocycles. The first-order chi connectivity index (χ1) is 19.3. The number of carbonyl (C=O) groups is 3. The number of nitrogens with one attached hydrogen (secondary N) is 2. The van der Waals surface area contributed by atoms with E-state index in [1.165, 1.54) is 15.9 Å². The first-order valence-corrected chi connectivity index (χ1v) is 12.3. The fourth-order valence-electron chi connectivity index (χ4n) is 4.90. The second-order valence-electron chi connectivity index (χ2n) is 9.37. The van der Waals surface area contributed by atoms with Crippen molar-refractivity contribution in [3.8, 4) is 11.1 Å². The molecule has 14 nitrogen and oxygen atoms in total. The summed E-state index contributed by atoms with van der Waals surface area (Å²) in [6.07, 6.45) is 2.83. The van der Waals surface area contributed by atoms with Crippen LogP contribution in [0.25, 0.3) is 33.1 Å². The Morgan fingerprint density at radius 1 is 1.18 bits per heavy atom.